The van der Waals surface area contributed by atoms with E-state index < -0.39 is 0 Å². The Morgan fingerprint density at radius 1 is 0.870 bits per heavy atom. The van der Waals surface area contributed by atoms with Crippen molar-refractivity contribution in [3.63, 3.8) is 0 Å². The van der Waals surface area contributed by atoms with E-state index in [4.69, 9.17) is 0 Å². The van der Waals surface area contributed by atoms with Gasteiger partial charge in [0.1, 0.15) is 0 Å². The van der Waals surface area contributed by atoms with Crippen molar-refractivity contribution < 1.29 is 5.11 Å². The summed E-state index contributed by atoms with van der Waals surface area (Å²) in [7, 11) is 0. The molecule has 0 radical (unpaired) electrons. The third kappa shape index (κ3) is 4.27. The Kier molecular flexibility index (Phi) is 5.56. The molecule has 3 rings (SSSR count). The number of aliphatic hydroxyl groups is 1. The fourth-order valence-corrected chi connectivity index (χ4v) is 3.26. The fourth-order valence-electron chi connectivity index (χ4n) is 2.72. The van der Waals surface area contributed by atoms with Crippen molar-refractivity contribution in [2.45, 2.75) is 12.3 Å². The summed E-state index contributed by atoms with van der Waals surface area (Å²) in [6, 6.07) is 18.9. The van der Waals surface area contributed by atoms with Crippen molar-refractivity contribution in [2.24, 2.45) is 0 Å². The molecular formula is C20H21NOS. The lowest BCUT2D eigenvalue weighted by Crippen LogP contribution is -2.16. The molecule has 0 amide bonds. The van der Waals surface area contributed by atoms with E-state index >= 15 is 0 Å². The van der Waals surface area contributed by atoms with E-state index in [9.17, 15) is 5.11 Å². The summed E-state index contributed by atoms with van der Waals surface area (Å²) >= 11 is 1.68. The van der Waals surface area contributed by atoms with Crippen molar-refractivity contribution in [1.29, 1.82) is 0 Å². The second-order valence-corrected chi connectivity index (χ2v) is 6.42. The number of benzene rings is 2. The number of aliphatic hydroxyl groups excluding tert-OH is 1. The Labute approximate surface area is 142 Å². The second-order valence-electron chi connectivity index (χ2n) is 5.60. The monoisotopic (exact) mass is 323 g/mol. The van der Waals surface area contributed by atoms with E-state index in [1.54, 1.807) is 11.8 Å². The largest absolute Gasteiger partial charge is 0.396 e. The topological polar surface area (TPSA) is 23.5 Å². The van der Waals surface area contributed by atoms with Gasteiger partial charge in [-0.25, -0.2) is 0 Å². The Morgan fingerprint density at radius 2 is 1.52 bits per heavy atom. The summed E-state index contributed by atoms with van der Waals surface area (Å²) in [5, 5.41) is 13.9. The van der Waals surface area contributed by atoms with Gasteiger partial charge in [0.25, 0.3) is 0 Å². The number of thioether (sulfide) groups is 1. The van der Waals surface area contributed by atoms with Crippen molar-refractivity contribution in [3.8, 4) is 11.1 Å². The minimum atomic E-state index is 0.177. The van der Waals surface area contributed by atoms with Gasteiger partial charge in [-0.05, 0) is 33.9 Å². The van der Waals surface area contributed by atoms with Crippen LogP contribution in [0.25, 0.3) is 11.1 Å². The Bertz CT molecular complexity index is 652. The smallest absolute Gasteiger partial charge is 0.0500 e. The van der Waals surface area contributed by atoms with Crippen LogP contribution < -0.4 is 0 Å². The Morgan fingerprint density at radius 3 is 2.17 bits per heavy atom. The molecule has 1 atom stereocenters. The lowest BCUT2D eigenvalue weighted by atomic mass is 9.94. The van der Waals surface area contributed by atoms with Gasteiger partial charge >= 0.3 is 0 Å². The molecule has 0 saturated carbocycles. The maximum absolute atomic E-state index is 9.74. The predicted octanol–water partition coefficient (Wildman–Crippen LogP) is 4.81. The molecule has 2 aromatic rings. The van der Waals surface area contributed by atoms with Crippen LogP contribution in [0.2, 0.25) is 0 Å². The quantitative estimate of drug-likeness (QED) is 0.825. The molecule has 0 bridgehead atoms. The normalized spacial score (nSPS) is 14.9. The molecule has 0 aromatic heterocycles. The fraction of sp³-hybridized carbons (Fsp3) is 0.200. The van der Waals surface area contributed by atoms with Gasteiger partial charge < -0.3 is 10.0 Å². The van der Waals surface area contributed by atoms with Crippen LogP contribution in [-0.4, -0.2) is 23.2 Å². The molecule has 1 N–H and O–H groups in total. The molecule has 0 saturated heterocycles. The average molecular weight is 323 g/mol. The maximum Gasteiger partial charge on any atom is 0.0500 e. The molecule has 0 aliphatic carbocycles. The van der Waals surface area contributed by atoms with Crippen LogP contribution in [0.3, 0.4) is 0 Å². The highest BCUT2D eigenvalue weighted by molar-refractivity contribution is 8.04. The van der Waals surface area contributed by atoms with Gasteiger partial charge in [0.15, 0.2) is 0 Å². The van der Waals surface area contributed by atoms with E-state index in [0.29, 0.717) is 0 Å². The first-order valence-corrected chi connectivity index (χ1v) is 8.82. The predicted molar refractivity (Wildman–Crippen MR) is 98.9 cm³/mol. The third-order valence-electron chi connectivity index (χ3n) is 4.11. The van der Waals surface area contributed by atoms with Crippen LogP contribution in [-0.2, 0) is 0 Å². The molecule has 0 spiro atoms. The van der Waals surface area contributed by atoms with E-state index in [-0.39, 0.29) is 12.5 Å². The van der Waals surface area contributed by atoms with Gasteiger partial charge in [-0.2, -0.15) is 0 Å². The highest BCUT2D eigenvalue weighted by Crippen LogP contribution is 2.25. The minimum Gasteiger partial charge on any atom is -0.396 e. The SMILES string of the molecule is OCC(CCN1C=CSC=C1)c1ccc(-c2ccccc2)cc1. The first kappa shape index (κ1) is 15.9. The summed E-state index contributed by atoms with van der Waals surface area (Å²) < 4.78 is 0. The van der Waals surface area contributed by atoms with Crippen LogP contribution in [0.5, 0.6) is 0 Å². The van der Waals surface area contributed by atoms with Crippen LogP contribution in [0.1, 0.15) is 17.9 Å². The lowest BCUT2D eigenvalue weighted by molar-refractivity contribution is 0.252. The number of hydrogen-bond donors (Lipinski definition) is 1. The van der Waals surface area contributed by atoms with E-state index in [0.717, 1.165) is 13.0 Å². The van der Waals surface area contributed by atoms with E-state index in [1.807, 2.05) is 6.07 Å². The highest BCUT2D eigenvalue weighted by atomic mass is 32.2. The number of hydrogen-bond acceptors (Lipinski definition) is 3. The summed E-state index contributed by atoms with van der Waals surface area (Å²) in [5.41, 5.74) is 3.64. The van der Waals surface area contributed by atoms with Gasteiger partial charge in [-0.3, -0.25) is 0 Å². The molecule has 0 fully saturated rings. The van der Waals surface area contributed by atoms with Gasteiger partial charge in [-0.1, -0.05) is 54.6 Å². The van der Waals surface area contributed by atoms with Gasteiger partial charge in [0.2, 0.25) is 0 Å². The summed E-state index contributed by atoms with van der Waals surface area (Å²) in [6.07, 6.45) is 5.09. The molecule has 23 heavy (non-hydrogen) atoms. The number of rotatable bonds is 6. The molecule has 1 heterocycles. The minimum absolute atomic E-state index is 0.177. The molecule has 118 valence electrons. The summed E-state index contributed by atoms with van der Waals surface area (Å²) in [6.45, 7) is 1.10. The van der Waals surface area contributed by atoms with Crippen molar-refractivity contribution in [1.82, 2.24) is 4.90 Å². The Hall–Kier alpha value is -1.97. The van der Waals surface area contributed by atoms with Gasteiger partial charge in [0, 0.05) is 31.5 Å². The standard InChI is InChI=1S/C20H21NOS/c22-16-20(10-11-21-12-14-23-15-13-21)19-8-6-18(7-9-19)17-4-2-1-3-5-17/h1-9,12-15,20,22H,10-11,16H2. The van der Waals surface area contributed by atoms with Crippen LogP contribution in [0.15, 0.2) is 77.8 Å². The zero-order valence-electron chi connectivity index (χ0n) is 13.0. The van der Waals surface area contributed by atoms with Crippen molar-refractivity contribution >= 4 is 11.8 Å². The maximum atomic E-state index is 9.74. The third-order valence-corrected chi connectivity index (χ3v) is 4.66. The lowest BCUT2D eigenvalue weighted by Gasteiger charge is -2.21. The van der Waals surface area contributed by atoms with Crippen LogP contribution in [0, 0.1) is 0 Å². The summed E-state index contributed by atoms with van der Waals surface area (Å²) in [5.74, 6) is 0.177. The molecule has 3 heteroatoms. The van der Waals surface area contributed by atoms with Gasteiger partial charge in [-0.15, -0.1) is 11.8 Å². The van der Waals surface area contributed by atoms with Crippen LogP contribution >= 0.6 is 11.8 Å². The summed E-state index contributed by atoms with van der Waals surface area (Å²) in [4.78, 5) is 2.16. The molecular weight excluding hydrogens is 302 g/mol. The Balaban J connectivity index is 1.65. The zero-order valence-corrected chi connectivity index (χ0v) is 13.8. The van der Waals surface area contributed by atoms with Gasteiger partial charge in [0.05, 0.1) is 0 Å². The van der Waals surface area contributed by atoms with Crippen molar-refractivity contribution in [2.75, 3.05) is 13.2 Å². The molecule has 1 aliphatic heterocycles. The number of nitrogens with zero attached hydrogens (tertiary/aromatic N) is 1. The molecule has 2 nitrogen and oxygen atoms in total. The molecule has 2 aromatic carbocycles. The highest BCUT2D eigenvalue weighted by Gasteiger charge is 2.12. The second kappa shape index (κ2) is 8.04. The average Bonchev–Trinajstić information content (AvgIpc) is 2.64. The van der Waals surface area contributed by atoms with Crippen LogP contribution in [0.4, 0.5) is 0 Å². The first-order valence-electron chi connectivity index (χ1n) is 7.87. The zero-order chi connectivity index (χ0) is 15.9. The first-order chi connectivity index (χ1) is 11.4. The van der Waals surface area contributed by atoms with Crippen molar-refractivity contribution in [3.05, 3.63) is 83.4 Å². The molecule has 1 aliphatic rings. The molecule has 1 unspecified atom stereocenters. The van der Waals surface area contributed by atoms with E-state index in [1.165, 1.54) is 16.7 Å². The van der Waals surface area contributed by atoms with E-state index in [2.05, 4.69) is 76.6 Å².